The van der Waals surface area contributed by atoms with Crippen molar-refractivity contribution in [3.05, 3.63) is 23.8 Å². The Hall–Kier alpha value is -1.18. The second kappa shape index (κ2) is 5.64. The van der Waals surface area contributed by atoms with Crippen molar-refractivity contribution >= 4 is 11.4 Å². The second-order valence-electron chi connectivity index (χ2n) is 4.08. The molecular formula is C13H22N2. The third kappa shape index (κ3) is 3.15. The molecular weight excluding hydrogens is 184 g/mol. The molecule has 0 aromatic heterocycles. The molecule has 1 aromatic carbocycles. The molecule has 2 heteroatoms. The van der Waals surface area contributed by atoms with Crippen LogP contribution in [0.3, 0.4) is 0 Å². The fourth-order valence-corrected chi connectivity index (χ4v) is 1.68. The molecule has 0 saturated carbocycles. The first kappa shape index (κ1) is 11.9. The molecule has 0 aliphatic carbocycles. The minimum absolute atomic E-state index is 0.755. The highest BCUT2D eigenvalue weighted by Crippen LogP contribution is 2.21. The van der Waals surface area contributed by atoms with E-state index in [0.717, 1.165) is 23.7 Å². The van der Waals surface area contributed by atoms with Crippen LogP contribution < -0.4 is 11.1 Å². The van der Waals surface area contributed by atoms with Crippen molar-refractivity contribution in [2.24, 2.45) is 5.92 Å². The molecule has 84 valence electrons. The summed E-state index contributed by atoms with van der Waals surface area (Å²) >= 11 is 0. The van der Waals surface area contributed by atoms with Gasteiger partial charge < -0.3 is 11.1 Å². The van der Waals surface area contributed by atoms with E-state index in [9.17, 15) is 0 Å². The van der Waals surface area contributed by atoms with Crippen LogP contribution in [-0.4, -0.2) is 6.54 Å². The van der Waals surface area contributed by atoms with Crippen molar-refractivity contribution < 1.29 is 0 Å². The molecule has 0 radical (unpaired) electrons. The molecule has 0 bridgehead atoms. The van der Waals surface area contributed by atoms with Gasteiger partial charge in [0.15, 0.2) is 0 Å². The van der Waals surface area contributed by atoms with E-state index in [2.05, 4.69) is 32.2 Å². The molecule has 0 heterocycles. The van der Waals surface area contributed by atoms with Gasteiger partial charge in [0.05, 0.1) is 0 Å². The van der Waals surface area contributed by atoms with Crippen LogP contribution in [0.2, 0.25) is 0 Å². The smallest absolute Gasteiger partial charge is 0.0390 e. The number of nitrogens with one attached hydrogen (secondary N) is 1. The van der Waals surface area contributed by atoms with Crippen molar-refractivity contribution in [2.45, 2.75) is 33.6 Å². The molecule has 0 aliphatic heterocycles. The van der Waals surface area contributed by atoms with Gasteiger partial charge in [0.1, 0.15) is 0 Å². The number of benzene rings is 1. The van der Waals surface area contributed by atoms with Crippen LogP contribution in [0, 0.1) is 12.8 Å². The minimum Gasteiger partial charge on any atom is -0.398 e. The lowest BCUT2D eigenvalue weighted by Gasteiger charge is -2.16. The van der Waals surface area contributed by atoms with Crippen LogP contribution in [0.25, 0.3) is 0 Å². The van der Waals surface area contributed by atoms with Crippen molar-refractivity contribution in [3.63, 3.8) is 0 Å². The van der Waals surface area contributed by atoms with Gasteiger partial charge in [0, 0.05) is 17.9 Å². The average molecular weight is 206 g/mol. The fourth-order valence-electron chi connectivity index (χ4n) is 1.68. The van der Waals surface area contributed by atoms with E-state index in [4.69, 9.17) is 5.73 Å². The Morgan fingerprint density at radius 2 is 1.93 bits per heavy atom. The fraction of sp³-hybridized carbons (Fsp3) is 0.538. The van der Waals surface area contributed by atoms with Crippen molar-refractivity contribution in [2.75, 3.05) is 17.6 Å². The van der Waals surface area contributed by atoms with Gasteiger partial charge >= 0.3 is 0 Å². The van der Waals surface area contributed by atoms with Gasteiger partial charge in [0.25, 0.3) is 0 Å². The standard InChI is InChI=1S/C13H22N2/c1-4-11(5-2)9-15-13-8-6-7-12(14)10(13)3/h6-8,11,15H,4-5,9,14H2,1-3H3. The first-order valence-electron chi connectivity index (χ1n) is 5.78. The number of hydrogen-bond acceptors (Lipinski definition) is 2. The van der Waals surface area contributed by atoms with E-state index < -0.39 is 0 Å². The maximum Gasteiger partial charge on any atom is 0.0390 e. The summed E-state index contributed by atoms with van der Waals surface area (Å²) in [6, 6.07) is 6.03. The monoisotopic (exact) mass is 206 g/mol. The zero-order valence-corrected chi connectivity index (χ0v) is 10.0. The lowest BCUT2D eigenvalue weighted by Crippen LogP contribution is -2.13. The minimum atomic E-state index is 0.755. The van der Waals surface area contributed by atoms with Crippen molar-refractivity contribution in [1.29, 1.82) is 0 Å². The zero-order chi connectivity index (χ0) is 11.3. The summed E-state index contributed by atoms with van der Waals surface area (Å²) in [6.45, 7) is 7.58. The van der Waals surface area contributed by atoms with E-state index in [1.807, 2.05) is 12.1 Å². The summed E-state index contributed by atoms with van der Waals surface area (Å²) in [5, 5.41) is 3.48. The van der Waals surface area contributed by atoms with Gasteiger partial charge in [0.2, 0.25) is 0 Å². The molecule has 15 heavy (non-hydrogen) atoms. The molecule has 0 aliphatic rings. The van der Waals surface area contributed by atoms with E-state index in [0.29, 0.717) is 0 Å². The Morgan fingerprint density at radius 1 is 1.27 bits per heavy atom. The summed E-state index contributed by atoms with van der Waals surface area (Å²) < 4.78 is 0. The highest BCUT2D eigenvalue weighted by molar-refractivity contribution is 5.62. The number of hydrogen-bond donors (Lipinski definition) is 2. The molecule has 0 unspecified atom stereocenters. The second-order valence-corrected chi connectivity index (χ2v) is 4.08. The third-order valence-corrected chi connectivity index (χ3v) is 3.11. The van der Waals surface area contributed by atoms with Gasteiger partial charge in [-0.05, 0) is 30.5 Å². The Bertz CT molecular complexity index is 303. The summed E-state index contributed by atoms with van der Waals surface area (Å²) in [7, 11) is 0. The average Bonchev–Trinajstić information content (AvgIpc) is 2.25. The molecule has 1 rings (SSSR count). The highest BCUT2D eigenvalue weighted by Gasteiger charge is 2.05. The molecule has 0 spiro atoms. The highest BCUT2D eigenvalue weighted by atomic mass is 14.9. The molecule has 2 nitrogen and oxygen atoms in total. The van der Waals surface area contributed by atoms with Gasteiger partial charge in [-0.15, -0.1) is 0 Å². The van der Waals surface area contributed by atoms with E-state index in [1.165, 1.54) is 18.5 Å². The van der Waals surface area contributed by atoms with Gasteiger partial charge in [-0.3, -0.25) is 0 Å². The summed E-state index contributed by atoms with van der Waals surface area (Å²) in [5.74, 6) is 0.755. The van der Waals surface area contributed by atoms with E-state index in [1.54, 1.807) is 0 Å². The van der Waals surface area contributed by atoms with E-state index >= 15 is 0 Å². The van der Waals surface area contributed by atoms with Gasteiger partial charge in [-0.25, -0.2) is 0 Å². The molecule has 0 amide bonds. The van der Waals surface area contributed by atoms with Gasteiger partial charge in [-0.1, -0.05) is 32.8 Å². The lowest BCUT2D eigenvalue weighted by atomic mass is 10.0. The first-order chi connectivity index (χ1) is 7.19. The first-order valence-corrected chi connectivity index (χ1v) is 5.78. The number of rotatable bonds is 5. The van der Waals surface area contributed by atoms with Crippen LogP contribution in [0.5, 0.6) is 0 Å². The maximum absolute atomic E-state index is 5.85. The summed E-state index contributed by atoms with van der Waals surface area (Å²) in [5.41, 5.74) is 9.04. The Morgan fingerprint density at radius 3 is 2.53 bits per heavy atom. The number of anilines is 2. The summed E-state index contributed by atoms with van der Waals surface area (Å²) in [4.78, 5) is 0. The normalized spacial score (nSPS) is 10.7. The third-order valence-electron chi connectivity index (χ3n) is 3.11. The lowest BCUT2D eigenvalue weighted by molar-refractivity contribution is 0.519. The molecule has 1 aromatic rings. The molecule has 0 atom stereocenters. The zero-order valence-electron chi connectivity index (χ0n) is 10.0. The quantitative estimate of drug-likeness (QED) is 0.724. The molecule has 0 saturated heterocycles. The number of nitrogens with two attached hydrogens (primary N) is 1. The predicted octanol–water partition coefficient (Wildman–Crippen LogP) is 3.43. The Balaban J connectivity index is 2.61. The topological polar surface area (TPSA) is 38.0 Å². The molecule has 3 N–H and O–H groups in total. The SMILES string of the molecule is CCC(CC)CNc1cccc(N)c1C. The summed E-state index contributed by atoms with van der Waals surface area (Å²) in [6.07, 6.45) is 2.45. The van der Waals surface area contributed by atoms with Crippen molar-refractivity contribution in [1.82, 2.24) is 0 Å². The Labute approximate surface area is 92.9 Å². The number of nitrogen functional groups attached to an aromatic ring is 1. The van der Waals surface area contributed by atoms with Crippen LogP contribution >= 0.6 is 0 Å². The largest absolute Gasteiger partial charge is 0.398 e. The van der Waals surface area contributed by atoms with Crippen LogP contribution in [0.15, 0.2) is 18.2 Å². The van der Waals surface area contributed by atoms with E-state index in [-0.39, 0.29) is 0 Å². The Kier molecular flexibility index (Phi) is 4.47. The van der Waals surface area contributed by atoms with Crippen LogP contribution in [0.1, 0.15) is 32.3 Å². The van der Waals surface area contributed by atoms with Gasteiger partial charge in [-0.2, -0.15) is 0 Å². The predicted molar refractivity (Wildman–Crippen MR) is 68.2 cm³/mol. The van der Waals surface area contributed by atoms with Crippen LogP contribution in [-0.2, 0) is 0 Å². The van der Waals surface area contributed by atoms with Crippen molar-refractivity contribution in [3.8, 4) is 0 Å². The molecule has 0 fully saturated rings. The van der Waals surface area contributed by atoms with Crippen LogP contribution in [0.4, 0.5) is 11.4 Å². The maximum atomic E-state index is 5.85.